The van der Waals surface area contributed by atoms with Crippen molar-refractivity contribution < 1.29 is 14.7 Å². The van der Waals surface area contributed by atoms with Crippen LogP contribution in [-0.4, -0.2) is 16.9 Å². The third-order valence-corrected chi connectivity index (χ3v) is 4.20. The van der Waals surface area contributed by atoms with Crippen LogP contribution in [0.1, 0.15) is 48.0 Å². The van der Waals surface area contributed by atoms with E-state index in [2.05, 4.69) is 6.58 Å². The Hall–Kier alpha value is -1.90. The van der Waals surface area contributed by atoms with E-state index in [1.165, 1.54) is 0 Å². The highest BCUT2D eigenvalue weighted by Crippen LogP contribution is 2.42. The topological polar surface area (TPSA) is 54.4 Å². The molecule has 1 aromatic carbocycles. The molecular formula is C17H20O3. The van der Waals surface area contributed by atoms with Gasteiger partial charge in [0, 0.05) is 17.4 Å². The summed E-state index contributed by atoms with van der Waals surface area (Å²) in [7, 11) is 0. The average molecular weight is 272 g/mol. The summed E-state index contributed by atoms with van der Waals surface area (Å²) in [5, 5.41) is 8.78. The van der Waals surface area contributed by atoms with Crippen LogP contribution in [0.3, 0.4) is 0 Å². The van der Waals surface area contributed by atoms with Gasteiger partial charge in [0.05, 0.1) is 0 Å². The molecule has 0 aromatic heterocycles. The molecule has 0 fully saturated rings. The minimum Gasteiger partial charge on any atom is -0.481 e. The summed E-state index contributed by atoms with van der Waals surface area (Å²) in [5.41, 5.74) is 1.46. The van der Waals surface area contributed by atoms with E-state index in [-0.39, 0.29) is 12.2 Å². The lowest BCUT2D eigenvalue weighted by atomic mass is 9.66. The minimum absolute atomic E-state index is 0.119. The van der Waals surface area contributed by atoms with E-state index in [0.717, 1.165) is 24.0 Å². The zero-order chi connectivity index (χ0) is 14.6. The number of aliphatic carboxylic acids is 1. The quantitative estimate of drug-likeness (QED) is 0.804. The van der Waals surface area contributed by atoms with E-state index in [4.69, 9.17) is 5.11 Å². The van der Waals surface area contributed by atoms with Gasteiger partial charge in [-0.25, -0.2) is 0 Å². The second kappa shape index (κ2) is 6.04. The fourth-order valence-corrected chi connectivity index (χ4v) is 3.12. The zero-order valence-corrected chi connectivity index (χ0v) is 11.6. The number of carboxylic acids is 1. The second-order valence-corrected chi connectivity index (χ2v) is 5.51. The second-order valence-electron chi connectivity index (χ2n) is 5.51. The molecule has 1 atom stereocenters. The maximum Gasteiger partial charge on any atom is 0.303 e. The number of rotatable bonds is 6. The summed E-state index contributed by atoms with van der Waals surface area (Å²) < 4.78 is 0. The number of carbonyl (C=O) groups excluding carboxylic acids is 1. The van der Waals surface area contributed by atoms with E-state index in [1.807, 2.05) is 24.3 Å². The molecule has 106 valence electrons. The Balaban J connectivity index is 2.23. The Morgan fingerprint density at radius 2 is 2.15 bits per heavy atom. The van der Waals surface area contributed by atoms with Gasteiger partial charge in [0.2, 0.25) is 0 Å². The lowest BCUT2D eigenvalue weighted by Gasteiger charge is -2.36. The zero-order valence-electron chi connectivity index (χ0n) is 11.6. The molecule has 1 aliphatic rings. The third kappa shape index (κ3) is 2.82. The first-order valence-electron chi connectivity index (χ1n) is 7.04. The van der Waals surface area contributed by atoms with Crippen molar-refractivity contribution in [2.75, 3.05) is 0 Å². The first kappa shape index (κ1) is 14.5. The fraction of sp³-hybridized carbons (Fsp3) is 0.412. The van der Waals surface area contributed by atoms with Gasteiger partial charge in [-0.3, -0.25) is 9.59 Å². The van der Waals surface area contributed by atoms with Crippen LogP contribution in [0.5, 0.6) is 0 Å². The summed E-state index contributed by atoms with van der Waals surface area (Å²) in [6.45, 7) is 3.76. The standard InChI is InChI=1S/C17H20O3/c1-2-10-17(11-5-8-15(18)19)12-9-13-6-3-4-7-14(13)16(17)20/h2-4,6-7H,1,5,8-12H2,(H,18,19). The molecular weight excluding hydrogens is 252 g/mol. The van der Waals surface area contributed by atoms with Crippen molar-refractivity contribution in [1.29, 1.82) is 0 Å². The van der Waals surface area contributed by atoms with Crippen LogP contribution in [0.25, 0.3) is 0 Å². The van der Waals surface area contributed by atoms with E-state index in [9.17, 15) is 9.59 Å². The Bertz CT molecular complexity index is 533. The van der Waals surface area contributed by atoms with Crippen LogP contribution >= 0.6 is 0 Å². The molecule has 1 N–H and O–H groups in total. The van der Waals surface area contributed by atoms with Gasteiger partial charge in [0.1, 0.15) is 0 Å². The Morgan fingerprint density at radius 1 is 1.40 bits per heavy atom. The van der Waals surface area contributed by atoms with Gasteiger partial charge in [-0.05, 0) is 37.7 Å². The maximum atomic E-state index is 12.8. The van der Waals surface area contributed by atoms with Gasteiger partial charge < -0.3 is 5.11 Å². The maximum absolute atomic E-state index is 12.8. The average Bonchev–Trinajstić information content (AvgIpc) is 2.43. The number of hydrogen-bond acceptors (Lipinski definition) is 2. The largest absolute Gasteiger partial charge is 0.481 e. The summed E-state index contributed by atoms with van der Waals surface area (Å²) in [6.07, 6.45) is 5.35. The van der Waals surface area contributed by atoms with E-state index < -0.39 is 11.4 Å². The van der Waals surface area contributed by atoms with Crippen molar-refractivity contribution in [3.8, 4) is 0 Å². The highest BCUT2D eigenvalue weighted by Gasteiger charge is 2.40. The SMILES string of the molecule is C=CCC1(CCCC(=O)O)CCc2ccccc2C1=O. The highest BCUT2D eigenvalue weighted by atomic mass is 16.4. The number of carboxylic acid groups (broad SMARTS) is 1. The van der Waals surface area contributed by atoms with E-state index >= 15 is 0 Å². The number of benzene rings is 1. The number of aryl methyl sites for hydroxylation is 1. The lowest BCUT2D eigenvalue weighted by Crippen LogP contribution is -2.36. The summed E-state index contributed by atoms with van der Waals surface area (Å²) in [5.74, 6) is -0.646. The predicted octanol–water partition coefficient (Wildman–Crippen LogP) is 3.63. The molecule has 3 heteroatoms. The number of hydrogen-bond donors (Lipinski definition) is 1. The van der Waals surface area contributed by atoms with Crippen LogP contribution < -0.4 is 0 Å². The van der Waals surface area contributed by atoms with Gasteiger partial charge in [-0.1, -0.05) is 30.3 Å². The molecule has 1 aliphatic carbocycles. The number of carbonyl (C=O) groups is 2. The van der Waals surface area contributed by atoms with Crippen molar-refractivity contribution in [3.63, 3.8) is 0 Å². The van der Waals surface area contributed by atoms with Gasteiger partial charge in [0.15, 0.2) is 5.78 Å². The first-order chi connectivity index (χ1) is 9.59. The Kier molecular flexibility index (Phi) is 4.38. The van der Waals surface area contributed by atoms with Gasteiger partial charge in [0.25, 0.3) is 0 Å². The molecule has 0 aliphatic heterocycles. The number of ketones is 1. The van der Waals surface area contributed by atoms with Gasteiger partial charge in [-0.2, -0.15) is 0 Å². The van der Waals surface area contributed by atoms with Gasteiger partial charge >= 0.3 is 5.97 Å². The molecule has 0 radical (unpaired) electrons. The molecule has 0 heterocycles. The molecule has 0 spiro atoms. The number of Topliss-reactive ketones (excluding diaryl/α,β-unsaturated/α-hetero) is 1. The highest BCUT2D eigenvalue weighted by molar-refractivity contribution is 6.02. The van der Waals surface area contributed by atoms with Crippen molar-refractivity contribution in [2.24, 2.45) is 5.41 Å². The molecule has 1 aromatic rings. The van der Waals surface area contributed by atoms with Crippen molar-refractivity contribution in [3.05, 3.63) is 48.0 Å². The van der Waals surface area contributed by atoms with E-state index in [0.29, 0.717) is 19.3 Å². The summed E-state index contributed by atoms with van der Waals surface area (Å²) in [6, 6.07) is 7.73. The lowest BCUT2D eigenvalue weighted by molar-refractivity contribution is -0.137. The Morgan fingerprint density at radius 3 is 2.85 bits per heavy atom. The number of allylic oxidation sites excluding steroid dienone is 1. The fourth-order valence-electron chi connectivity index (χ4n) is 3.12. The monoisotopic (exact) mass is 272 g/mol. The van der Waals surface area contributed by atoms with Gasteiger partial charge in [-0.15, -0.1) is 6.58 Å². The third-order valence-electron chi connectivity index (χ3n) is 4.20. The molecule has 1 unspecified atom stereocenters. The molecule has 0 bridgehead atoms. The number of fused-ring (bicyclic) bond motifs is 1. The summed E-state index contributed by atoms with van der Waals surface area (Å²) >= 11 is 0. The molecule has 0 saturated heterocycles. The molecule has 2 rings (SSSR count). The van der Waals surface area contributed by atoms with Crippen LogP contribution in [0.4, 0.5) is 0 Å². The predicted molar refractivity (Wildman–Crippen MR) is 77.8 cm³/mol. The van der Waals surface area contributed by atoms with Crippen LogP contribution in [-0.2, 0) is 11.2 Å². The normalized spacial score (nSPS) is 21.3. The molecule has 0 saturated carbocycles. The van der Waals surface area contributed by atoms with Crippen molar-refractivity contribution >= 4 is 11.8 Å². The van der Waals surface area contributed by atoms with Crippen LogP contribution in [0.2, 0.25) is 0 Å². The van der Waals surface area contributed by atoms with Crippen LogP contribution in [0, 0.1) is 5.41 Å². The van der Waals surface area contributed by atoms with E-state index in [1.54, 1.807) is 6.08 Å². The molecule has 0 amide bonds. The van der Waals surface area contributed by atoms with Crippen molar-refractivity contribution in [1.82, 2.24) is 0 Å². The smallest absolute Gasteiger partial charge is 0.303 e. The van der Waals surface area contributed by atoms with Crippen molar-refractivity contribution in [2.45, 2.75) is 38.5 Å². The first-order valence-corrected chi connectivity index (χ1v) is 7.04. The molecule has 20 heavy (non-hydrogen) atoms. The summed E-state index contributed by atoms with van der Waals surface area (Å²) in [4.78, 5) is 23.5. The minimum atomic E-state index is -0.803. The van der Waals surface area contributed by atoms with Crippen LogP contribution in [0.15, 0.2) is 36.9 Å². The Labute approximate surface area is 119 Å². The molecule has 3 nitrogen and oxygen atoms in total.